The summed E-state index contributed by atoms with van der Waals surface area (Å²) in [6.07, 6.45) is 0. The molecule has 0 aliphatic carbocycles. The van der Waals surface area contributed by atoms with E-state index >= 15 is 0 Å². The van der Waals surface area contributed by atoms with Crippen LogP contribution in [0.15, 0.2) is 0 Å². The highest BCUT2D eigenvalue weighted by Gasteiger charge is 2.33. The molecular formula is C6H10N2O8P2+2. The molecule has 0 aromatic rings. The van der Waals surface area contributed by atoms with Crippen molar-refractivity contribution in [2.75, 3.05) is 26.6 Å². The summed E-state index contributed by atoms with van der Waals surface area (Å²) in [5.74, 6) is -1.05. The van der Waals surface area contributed by atoms with E-state index < -0.39 is 41.8 Å². The molecule has 12 heteroatoms. The summed E-state index contributed by atoms with van der Waals surface area (Å²) in [5.41, 5.74) is 0. The molecule has 0 radical (unpaired) electrons. The molecule has 1 rings (SSSR count). The maximum atomic E-state index is 11.5. The van der Waals surface area contributed by atoms with E-state index in [0.717, 1.165) is 9.80 Å². The molecule has 0 bridgehead atoms. The molecule has 2 amide bonds. The minimum absolute atomic E-state index is 0.354. The second kappa shape index (κ2) is 6.79. The van der Waals surface area contributed by atoms with Crippen molar-refractivity contribution in [2.24, 2.45) is 0 Å². The molecule has 18 heavy (non-hydrogen) atoms. The molecule has 2 N–H and O–H groups in total. The van der Waals surface area contributed by atoms with E-state index in [9.17, 15) is 18.7 Å². The third-order valence-corrected chi connectivity index (χ3v) is 2.68. The summed E-state index contributed by atoms with van der Waals surface area (Å²) in [6, 6.07) is 0. The molecule has 2 atom stereocenters. The fraction of sp³-hybridized carbons (Fsp3) is 0.667. The Bertz CT molecular complexity index is 352. The van der Waals surface area contributed by atoms with Crippen LogP contribution in [0.1, 0.15) is 0 Å². The zero-order chi connectivity index (χ0) is 13.7. The van der Waals surface area contributed by atoms with Crippen molar-refractivity contribution < 1.29 is 37.6 Å². The van der Waals surface area contributed by atoms with Crippen LogP contribution >= 0.6 is 16.5 Å². The minimum Gasteiger partial charge on any atom is -0.304 e. The van der Waals surface area contributed by atoms with Crippen LogP contribution in [0.25, 0.3) is 0 Å². The zero-order valence-corrected chi connectivity index (χ0v) is 10.8. The van der Waals surface area contributed by atoms with Crippen LogP contribution in [0.2, 0.25) is 0 Å². The Kier molecular flexibility index (Phi) is 5.67. The van der Waals surface area contributed by atoms with Gasteiger partial charge in [-0.1, -0.05) is 9.05 Å². The van der Waals surface area contributed by atoms with Gasteiger partial charge in [-0.15, -0.1) is 9.79 Å². The maximum Gasteiger partial charge on any atom is 0.696 e. The monoisotopic (exact) mass is 300 g/mol. The quantitative estimate of drug-likeness (QED) is 0.591. The van der Waals surface area contributed by atoms with Gasteiger partial charge in [0.05, 0.1) is 0 Å². The number of rotatable bonds is 6. The molecule has 1 aliphatic rings. The van der Waals surface area contributed by atoms with E-state index in [1.54, 1.807) is 0 Å². The SMILES string of the molecule is O=C1CN(CO[P+](=O)O)C(=O)CN1CO[P+](=O)O. The average Bonchev–Trinajstić information content (AvgIpc) is 2.27. The number of carbonyl (C=O) groups excluding carboxylic acids is 2. The molecule has 2 unspecified atom stereocenters. The molecule has 1 fully saturated rings. The first-order chi connectivity index (χ1) is 8.40. The molecule has 0 saturated carbocycles. The Hall–Kier alpha value is -1.02. The number of nitrogens with zero attached hydrogens (tertiary/aromatic N) is 2. The van der Waals surface area contributed by atoms with Crippen molar-refractivity contribution >= 4 is 28.3 Å². The van der Waals surface area contributed by atoms with E-state index in [0.29, 0.717) is 0 Å². The largest absolute Gasteiger partial charge is 0.696 e. The van der Waals surface area contributed by atoms with Crippen LogP contribution in [-0.4, -0.2) is 58.0 Å². The molecule has 100 valence electrons. The van der Waals surface area contributed by atoms with Gasteiger partial charge in [0.15, 0.2) is 13.5 Å². The lowest BCUT2D eigenvalue weighted by Gasteiger charge is -2.30. The third-order valence-electron chi connectivity index (χ3n) is 2.01. The highest BCUT2D eigenvalue weighted by atomic mass is 31.1. The number of hydrogen-bond donors (Lipinski definition) is 2. The molecular weight excluding hydrogens is 290 g/mol. The van der Waals surface area contributed by atoms with Crippen LogP contribution in [-0.2, 0) is 27.8 Å². The topological polar surface area (TPSA) is 134 Å². The third kappa shape index (κ3) is 4.69. The molecule has 0 spiro atoms. The van der Waals surface area contributed by atoms with Crippen molar-refractivity contribution in [1.29, 1.82) is 0 Å². The van der Waals surface area contributed by atoms with Gasteiger partial charge in [-0.25, -0.2) is 0 Å². The molecule has 1 heterocycles. The van der Waals surface area contributed by atoms with Gasteiger partial charge < -0.3 is 9.80 Å². The van der Waals surface area contributed by atoms with Crippen LogP contribution in [0.3, 0.4) is 0 Å². The summed E-state index contributed by atoms with van der Waals surface area (Å²) < 4.78 is 29.2. The summed E-state index contributed by atoms with van der Waals surface area (Å²) in [5, 5.41) is 0. The number of amides is 2. The molecule has 10 nitrogen and oxygen atoms in total. The predicted octanol–water partition coefficient (Wildman–Crippen LogP) is -1.10. The van der Waals surface area contributed by atoms with Crippen LogP contribution < -0.4 is 0 Å². The lowest BCUT2D eigenvalue weighted by Crippen LogP contribution is -2.54. The minimum atomic E-state index is -2.85. The standard InChI is InChI=1S/C6H8N2O8P2/c9-5-1-7(3-15-17(11)12)6(10)2-8(5)4-16-18(13)14/h1-4H2/p+2. The van der Waals surface area contributed by atoms with Gasteiger partial charge in [-0.05, 0) is 0 Å². The van der Waals surface area contributed by atoms with Gasteiger partial charge in [0.25, 0.3) is 0 Å². The molecule has 0 aromatic heterocycles. The van der Waals surface area contributed by atoms with Crippen molar-refractivity contribution in [3.8, 4) is 0 Å². The van der Waals surface area contributed by atoms with E-state index in [2.05, 4.69) is 9.05 Å². The van der Waals surface area contributed by atoms with Crippen LogP contribution in [0.5, 0.6) is 0 Å². The molecule has 0 aromatic carbocycles. The number of carbonyl (C=O) groups is 2. The lowest BCUT2D eigenvalue weighted by atomic mass is 10.3. The Morgan fingerprint density at radius 1 is 0.944 bits per heavy atom. The highest BCUT2D eigenvalue weighted by molar-refractivity contribution is 7.32. The number of hydrogen-bond acceptors (Lipinski definition) is 6. The first kappa shape index (κ1) is 15.0. The Morgan fingerprint density at radius 2 is 1.28 bits per heavy atom. The number of piperazine rings is 1. The normalized spacial score (nSPS) is 18.1. The second-order valence-corrected chi connectivity index (χ2v) is 4.64. The summed E-state index contributed by atoms with van der Waals surface area (Å²) in [7, 11) is -5.70. The Balaban J connectivity index is 2.48. The van der Waals surface area contributed by atoms with Gasteiger partial charge in [-0.3, -0.25) is 9.59 Å². The fourth-order valence-electron chi connectivity index (χ4n) is 1.18. The predicted molar refractivity (Wildman–Crippen MR) is 55.0 cm³/mol. The summed E-state index contributed by atoms with van der Waals surface area (Å²) in [4.78, 5) is 41.7. The summed E-state index contributed by atoms with van der Waals surface area (Å²) in [6.45, 7) is -1.65. The molecule has 1 aliphatic heterocycles. The van der Waals surface area contributed by atoms with Gasteiger partial charge in [-0.2, -0.15) is 0 Å². The maximum absolute atomic E-state index is 11.5. The zero-order valence-electron chi connectivity index (χ0n) is 8.96. The summed E-state index contributed by atoms with van der Waals surface area (Å²) >= 11 is 0. The average molecular weight is 300 g/mol. The fourth-order valence-corrected chi connectivity index (χ4v) is 1.65. The van der Waals surface area contributed by atoms with Gasteiger partial charge in [0, 0.05) is 9.13 Å². The second-order valence-electron chi connectivity index (χ2n) is 3.18. The van der Waals surface area contributed by atoms with Crippen molar-refractivity contribution in [3.05, 3.63) is 0 Å². The Morgan fingerprint density at radius 3 is 1.56 bits per heavy atom. The first-order valence-electron chi connectivity index (χ1n) is 4.54. The van der Waals surface area contributed by atoms with Crippen molar-refractivity contribution in [3.63, 3.8) is 0 Å². The van der Waals surface area contributed by atoms with Gasteiger partial charge >= 0.3 is 16.5 Å². The first-order valence-corrected chi connectivity index (χ1v) is 6.80. The van der Waals surface area contributed by atoms with E-state index in [-0.39, 0.29) is 13.1 Å². The van der Waals surface area contributed by atoms with Crippen molar-refractivity contribution in [1.82, 2.24) is 9.80 Å². The van der Waals surface area contributed by atoms with Crippen LogP contribution in [0.4, 0.5) is 0 Å². The highest BCUT2D eigenvalue weighted by Crippen LogP contribution is 2.18. The lowest BCUT2D eigenvalue weighted by molar-refractivity contribution is -0.155. The van der Waals surface area contributed by atoms with Crippen molar-refractivity contribution in [2.45, 2.75) is 0 Å². The smallest absolute Gasteiger partial charge is 0.304 e. The van der Waals surface area contributed by atoms with Gasteiger partial charge in [0.1, 0.15) is 13.1 Å². The van der Waals surface area contributed by atoms with E-state index in [4.69, 9.17) is 9.79 Å². The van der Waals surface area contributed by atoms with E-state index in [1.165, 1.54) is 0 Å². The Labute approximate surface area is 103 Å². The van der Waals surface area contributed by atoms with Crippen LogP contribution in [0, 0.1) is 0 Å². The van der Waals surface area contributed by atoms with E-state index in [1.807, 2.05) is 0 Å². The van der Waals surface area contributed by atoms with Gasteiger partial charge in [0.2, 0.25) is 11.8 Å². The molecule has 1 saturated heterocycles.